The van der Waals surface area contributed by atoms with Crippen LogP contribution in [0.1, 0.15) is 43.0 Å². The van der Waals surface area contributed by atoms with Gasteiger partial charge in [0.05, 0.1) is 0 Å². The third kappa shape index (κ3) is 7.14. The number of carboxylic acid groups (broad SMARTS) is 1. The number of ether oxygens (including phenoxy) is 2. The van der Waals surface area contributed by atoms with E-state index < -0.39 is 23.7 Å². The third-order valence-electron chi connectivity index (χ3n) is 4.32. The van der Waals surface area contributed by atoms with E-state index in [0.717, 1.165) is 28.0 Å². The molecule has 0 spiro atoms. The molecule has 0 saturated heterocycles. The van der Waals surface area contributed by atoms with Gasteiger partial charge in [0.2, 0.25) is 0 Å². The number of rotatable bonds is 7. The summed E-state index contributed by atoms with van der Waals surface area (Å²) in [5.41, 5.74) is 3.05. The topological polar surface area (TPSA) is 84.9 Å². The van der Waals surface area contributed by atoms with Gasteiger partial charge in [-0.2, -0.15) is 0 Å². The average Bonchev–Trinajstić information content (AvgIpc) is 2.61. The number of benzene rings is 2. The molecule has 0 bridgehead atoms. The number of amides is 1. The first kappa shape index (κ1) is 22.3. The lowest BCUT2D eigenvalue weighted by molar-refractivity contribution is -0.139. The maximum Gasteiger partial charge on any atom is 0.408 e. The first-order chi connectivity index (χ1) is 13.5. The van der Waals surface area contributed by atoms with E-state index in [0.29, 0.717) is 6.61 Å². The van der Waals surface area contributed by atoms with Crippen molar-refractivity contribution < 1.29 is 24.2 Å². The molecule has 2 N–H and O–H groups in total. The van der Waals surface area contributed by atoms with Crippen LogP contribution in [0.5, 0.6) is 5.75 Å². The number of carbonyl (C=O) groups is 2. The Kier molecular flexibility index (Phi) is 7.26. The quantitative estimate of drug-likeness (QED) is 0.721. The maximum atomic E-state index is 12.0. The molecule has 0 aromatic heterocycles. The van der Waals surface area contributed by atoms with Crippen molar-refractivity contribution in [1.82, 2.24) is 5.32 Å². The van der Waals surface area contributed by atoms with E-state index in [1.54, 1.807) is 20.8 Å². The highest BCUT2D eigenvalue weighted by molar-refractivity contribution is 5.80. The number of hydrogen-bond acceptors (Lipinski definition) is 4. The summed E-state index contributed by atoms with van der Waals surface area (Å²) >= 11 is 0. The lowest BCUT2D eigenvalue weighted by Gasteiger charge is -2.23. The summed E-state index contributed by atoms with van der Waals surface area (Å²) in [6.45, 7) is 9.45. The second kappa shape index (κ2) is 9.45. The molecule has 0 aliphatic heterocycles. The van der Waals surface area contributed by atoms with E-state index in [9.17, 15) is 14.7 Å². The molecule has 0 aliphatic carbocycles. The molecule has 1 amide bonds. The van der Waals surface area contributed by atoms with Gasteiger partial charge in [-0.1, -0.05) is 30.3 Å². The predicted octanol–water partition coefficient (Wildman–Crippen LogP) is 4.40. The molecule has 2 rings (SSSR count). The molecule has 1 atom stereocenters. The Morgan fingerprint density at radius 3 is 2.17 bits per heavy atom. The summed E-state index contributed by atoms with van der Waals surface area (Å²) in [4.78, 5) is 23.6. The standard InChI is InChI=1S/C23H29NO5/c1-15-11-18(28-14-17-9-7-6-8-10-17)12-16(2)19(15)13-20(21(25)26)24-22(27)29-23(3,4)5/h6-12,20H,13-14H2,1-5H3,(H,24,27)(H,25,26)/t20-/m1/s1. The summed E-state index contributed by atoms with van der Waals surface area (Å²) in [5, 5.41) is 12.0. The van der Waals surface area contributed by atoms with Crippen molar-refractivity contribution in [3.8, 4) is 5.75 Å². The van der Waals surface area contributed by atoms with Crippen LogP contribution in [0.2, 0.25) is 0 Å². The normalized spacial score (nSPS) is 12.2. The Bertz CT molecular complexity index is 832. The number of carboxylic acids is 1. The van der Waals surface area contributed by atoms with Crippen molar-refractivity contribution in [3.05, 3.63) is 64.7 Å². The van der Waals surface area contributed by atoms with Crippen molar-refractivity contribution in [1.29, 1.82) is 0 Å². The largest absolute Gasteiger partial charge is 0.489 e. The SMILES string of the molecule is Cc1cc(OCc2ccccc2)cc(C)c1C[C@@H](NC(=O)OC(C)(C)C)C(=O)O. The molecular weight excluding hydrogens is 370 g/mol. The number of carbonyl (C=O) groups excluding carboxylic acids is 1. The van der Waals surface area contributed by atoms with Crippen LogP contribution in [-0.2, 0) is 22.6 Å². The zero-order chi connectivity index (χ0) is 21.6. The van der Waals surface area contributed by atoms with E-state index in [1.165, 1.54) is 0 Å². The molecule has 0 saturated carbocycles. The van der Waals surface area contributed by atoms with Gasteiger partial charge in [-0.05, 0) is 69.0 Å². The van der Waals surface area contributed by atoms with Crippen LogP contribution < -0.4 is 10.1 Å². The highest BCUT2D eigenvalue weighted by Crippen LogP contribution is 2.24. The average molecular weight is 399 g/mol. The van der Waals surface area contributed by atoms with E-state index in [-0.39, 0.29) is 6.42 Å². The minimum atomic E-state index is -1.11. The number of aliphatic carboxylic acids is 1. The summed E-state index contributed by atoms with van der Waals surface area (Å²) in [6, 6.07) is 12.6. The minimum absolute atomic E-state index is 0.158. The first-order valence-electron chi connectivity index (χ1n) is 9.54. The van der Waals surface area contributed by atoms with E-state index in [4.69, 9.17) is 9.47 Å². The Morgan fingerprint density at radius 2 is 1.66 bits per heavy atom. The molecule has 29 heavy (non-hydrogen) atoms. The lowest BCUT2D eigenvalue weighted by atomic mass is 9.96. The number of hydrogen-bond donors (Lipinski definition) is 2. The second-order valence-electron chi connectivity index (χ2n) is 8.05. The summed E-state index contributed by atoms with van der Waals surface area (Å²) in [5.74, 6) is -0.390. The van der Waals surface area contributed by atoms with Gasteiger partial charge >= 0.3 is 12.1 Å². The van der Waals surface area contributed by atoms with Gasteiger partial charge in [-0.25, -0.2) is 9.59 Å². The second-order valence-corrected chi connectivity index (χ2v) is 8.05. The molecule has 0 aliphatic rings. The molecule has 0 unspecified atom stereocenters. The molecule has 156 valence electrons. The first-order valence-corrected chi connectivity index (χ1v) is 9.54. The number of alkyl carbamates (subject to hydrolysis) is 1. The molecule has 0 radical (unpaired) electrons. The molecular formula is C23H29NO5. The van der Waals surface area contributed by atoms with Gasteiger partial charge in [0.1, 0.15) is 24.0 Å². The Morgan fingerprint density at radius 1 is 1.07 bits per heavy atom. The fraction of sp³-hybridized carbons (Fsp3) is 0.391. The maximum absolute atomic E-state index is 12.0. The van der Waals surface area contributed by atoms with Gasteiger partial charge in [-0.15, -0.1) is 0 Å². The summed E-state index contributed by atoms with van der Waals surface area (Å²) < 4.78 is 11.1. The van der Waals surface area contributed by atoms with Crippen LogP contribution in [0.15, 0.2) is 42.5 Å². The molecule has 0 heterocycles. The van der Waals surface area contributed by atoms with E-state index >= 15 is 0 Å². The van der Waals surface area contributed by atoms with Gasteiger partial charge in [0.15, 0.2) is 0 Å². The lowest BCUT2D eigenvalue weighted by Crippen LogP contribution is -2.44. The van der Waals surface area contributed by atoms with Crippen molar-refractivity contribution in [3.63, 3.8) is 0 Å². The van der Waals surface area contributed by atoms with Crippen LogP contribution in [0, 0.1) is 13.8 Å². The van der Waals surface area contributed by atoms with Gasteiger partial charge in [0.25, 0.3) is 0 Å². The summed E-state index contributed by atoms with van der Waals surface area (Å²) in [7, 11) is 0. The minimum Gasteiger partial charge on any atom is -0.489 e. The van der Waals surface area contributed by atoms with Crippen molar-refractivity contribution in [2.24, 2.45) is 0 Å². The molecule has 6 heteroatoms. The van der Waals surface area contributed by atoms with Crippen molar-refractivity contribution in [2.75, 3.05) is 0 Å². The van der Waals surface area contributed by atoms with Crippen LogP contribution in [0.3, 0.4) is 0 Å². The zero-order valence-electron chi connectivity index (χ0n) is 17.6. The Balaban J connectivity index is 2.10. The van der Waals surface area contributed by atoms with Gasteiger partial charge in [-0.3, -0.25) is 0 Å². The van der Waals surface area contributed by atoms with Crippen molar-refractivity contribution >= 4 is 12.1 Å². The Labute approximate surface area is 171 Å². The van der Waals surface area contributed by atoms with Crippen molar-refractivity contribution in [2.45, 2.75) is 59.3 Å². The highest BCUT2D eigenvalue weighted by atomic mass is 16.6. The fourth-order valence-corrected chi connectivity index (χ4v) is 2.95. The highest BCUT2D eigenvalue weighted by Gasteiger charge is 2.25. The van der Waals surface area contributed by atoms with Crippen LogP contribution in [-0.4, -0.2) is 28.8 Å². The molecule has 0 fully saturated rings. The van der Waals surface area contributed by atoms with Crippen LogP contribution in [0.25, 0.3) is 0 Å². The van der Waals surface area contributed by atoms with Crippen LogP contribution >= 0.6 is 0 Å². The van der Waals surface area contributed by atoms with Gasteiger partial charge in [0, 0.05) is 6.42 Å². The number of nitrogens with one attached hydrogen (secondary N) is 1. The van der Waals surface area contributed by atoms with E-state index in [2.05, 4.69) is 5.32 Å². The van der Waals surface area contributed by atoms with Crippen LogP contribution in [0.4, 0.5) is 4.79 Å². The molecule has 2 aromatic carbocycles. The Hall–Kier alpha value is -3.02. The summed E-state index contributed by atoms with van der Waals surface area (Å²) in [6.07, 6.45) is -0.589. The molecule has 2 aromatic rings. The van der Waals surface area contributed by atoms with Gasteiger partial charge < -0.3 is 19.9 Å². The third-order valence-corrected chi connectivity index (χ3v) is 4.32. The fourth-order valence-electron chi connectivity index (χ4n) is 2.95. The predicted molar refractivity (Wildman–Crippen MR) is 111 cm³/mol. The monoisotopic (exact) mass is 399 g/mol. The molecule has 6 nitrogen and oxygen atoms in total. The zero-order valence-corrected chi connectivity index (χ0v) is 17.6. The van der Waals surface area contributed by atoms with E-state index in [1.807, 2.05) is 56.3 Å². The number of aryl methyl sites for hydroxylation is 2. The smallest absolute Gasteiger partial charge is 0.408 e.